The molecule has 1 aromatic rings. The van der Waals surface area contributed by atoms with E-state index in [1.54, 1.807) is 30.3 Å². The predicted octanol–water partition coefficient (Wildman–Crippen LogP) is 1.77. The Morgan fingerprint density at radius 3 is 2.27 bits per heavy atom. The Kier molecular flexibility index (Phi) is 4.48. The van der Waals surface area contributed by atoms with Gasteiger partial charge in [0.05, 0.1) is 5.30 Å². The van der Waals surface area contributed by atoms with Crippen LogP contribution in [0, 0.1) is 0 Å². The first-order valence-corrected chi connectivity index (χ1v) is 6.51. The second-order valence-electron chi connectivity index (χ2n) is 3.05. The molecule has 0 radical (unpaired) electrons. The molecule has 1 rings (SSSR count). The number of rotatable bonds is 5. The van der Waals surface area contributed by atoms with Crippen molar-refractivity contribution in [2.75, 3.05) is 13.1 Å². The number of hydrogen-bond donors (Lipinski definition) is 1. The van der Waals surface area contributed by atoms with Crippen LogP contribution in [-0.4, -0.2) is 23.0 Å². The maximum Gasteiger partial charge on any atom is 0.375 e. The molecule has 0 aliphatic heterocycles. The van der Waals surface area contributed by atoms with Crippen LogP contribution in [0.1, 0.15) is 13.8 Å². The van der Waals surface area contributed by atoms with E-state index >= 15 is 0 Å². The van der Waals surface area contributed by atoms with Gasteiger partial charge in [0, 0.05) is 13.1 Å². The van der Waals surface area contributed by atoms with E-state index in [0.29, 0.717) is 18.4 Å². The minimum Gasteiger partial charge on any atom is -0.320 e. The van der Waals surface area contributed by atoms with Gasteiger partial charge in [0.15, 0.2) is 0 Å². The summed E-state index contributed by atoms with van der Waals surface area (Å²) in [6.07, 6.45) is 0. The largest absolute Gasteiger partial charge is 0.375 e. The second kappa shape index (κ2) is 5.42. The van der Waals surface area contributed by atoms with Gasteiger partial charge in [0.1, 0.15) is 0 Å². The smallest absolute Gasteiger partial charge is 0.320 e. The van der Waals surface area contributed by atoms with E-state index < -0.39 is 7.60 Å². The van der Waals surface area contributed by atoms with E-state index in [2.05, 4.69) is 0 Å². The summed E-state index contributed by atoms with van der Waals surface area (Å²) in [5.74, 6) is 0. The van der Waals surface area contributed by atoms with Crippen molar-refractivity contribution in [2.24, 2.45) is 0 Å². The highest BCUT2D eigenvalue weighted by Crippen LogP contribution is 2.41. The lowest BCUT2D eigenvalue weighted by atomic mass is 10.4. The Labute approximate surface area is 90.0 Å². The Morgan fingerprint density at radius 1 is 1.27 bits per heavy atom. The van der Waals surface area contributed by atoms with Gasteiger partial charge in [-0.25, -0.2) is 4.62 Å². The van der Waals surface area contributed by atoms with Gasteiger partial charge in [-0.3, -0.25) is 4.57 Å². The van der Waals surface area contributed by atoms with E-state index in [9.17, 15) is 9.46 Å². The number of hydroxylamine groups is 2. The van der Waals surface area contributed by atoms with E-state index in [1.807, 2.05) is 13.8 Å². The molecule has 0 aliphatic carbocycles. The maximum atomic E-state index is 11.8. The molecule has 0 aliphatic rings. The predicted molar refractivity (Wildman–Crippen MR) is 59.9 cm³/mol. The summed E-state index contributed by atoms with van der Waals surface area (Å²) in [6.45, 7) is 4.89. The fourth-order valence-electron chi connectivity index (χ4n) is 1.16. The van der Waals surface area contributed by atoms with Crippen molar-refractivity contribution < 1.29 is 14.1 Å². The van der Waals surface area contributed by atoms with Crippen LogP contribution in [0.5, 0.6) is 0 Å². The van der Waals surface area contributed by atoms with Crippen molar-refractivity contribution >= 4 is 12.9 Å². The molecule has 1 atom stereocenters. The molecule has 0 bridgehead atoms. The van der Waals surface area contributed by atoms with Gasteiger partial charge < -0.3 is 4.89 Å². The molecule has 0 saturated carbocycles. The van der Waals surface area contributed by atoms with Gasteiger partial charge in [0.2, 0.25) is 0 Å². The first-order valence-electron chi connectivity index (χ1n) is 4.93. The average molecular weight is 229 g/mol. The summed E-state index contributed by atoms with van der Waals surface area (Å²) in [4.78, 5) is 9.71. The topological polar surface area (TPSA) is 49.8 Å². The molecular formula is C10H16NO3P. The lowest BCUT2D eigenvalue weighted by Gasteiger charge is -2.21. The zero-order valence-electron chi connectivity index (χ0n) is 8.96. The number of hydrogen-bond acceptors (Lipinski definition) is 3. The number of benzene rings is 1. The summed E-state index contributed by atoms with van der Waals surface area (Å²) in [6, 6.07) is 8.39. The Hall–Kier alpha value is -0.670. The van der Waals surface area contributed by atoms with Crippen molar-refractivity contribution in [3.8, 4) is 0 Å². The summed E-state index contributed by atoms with van der Waals surface area (Å²) in [5.41, 5.74) is 0. The lowest BCUT2D eigenvalue weighted by Crippen LogP contribution is -2.24. The number of nitrogens with zero attached hydrogens (tertiary/aromatic N) is 1. The fourth-order valence-corrected chi connectivity index (χ4v) is 2.35. The molecule has 15 heavy (non-hydrogen) atoms. The minimum atomic E-state index is -3.71. The van der Waals surface area contributed by atoms with Crippen molar-refractivity contribution in [1.29, 1.82) is 0 Å². The van der Waals surface area contributed by atoms with Gasteiger partial charge in [0.25, 0.3) is 0 Å². The van der Waals surface area contributed by atoms with Gasteiger partial charge in [-0.2, -0.15) is 5.06 Å². The SMILES string of the molecule is CCN(CC)OP(=O)(O)c1ccccc1. The molecule has 0 spiro atoms. The Morgan fingerprint density at radius 2 is 1.80 bits per heavy atom. The molecule has 1 unspecified atom stereocenters. The van der Waals surface area contributed by atoms with Crippen molar-refractivity contribution in [1.82, 2.24) is 5.06 Å². The molecule has 0 fully saturated rings. The third kappa shape index (κ3) is 3.43. The van der Waals surface area contributed by atoms with E-state index in [-0.39, 0.29) is 0 Å². The van der Waals surface area contributed by atoms with Crippen LogP contribution in [0.2, 0.25) is 0 Å². The maximum absolute atomic E-state index is 11.8. The molecule has 5 heteroatoms. The Bertz CT molecular complexity index is 338. The van der Waals surface area contributed by atoms with Gasteiger partial charge in [-0.1, -0.05) is 32.0 Å². The van der Waals surface area contributed by atoms with Crippen LogP contribution < -0.4 is 5.30 Å². The summed E-state index contributed by atoms with van der Waals surface area (Å²) < 4.78 is 16.9. The van der Waals surface area contributed by atoms with Gasteiger partial charge >= 0.3 is 7.60 Å². The standard InChI is InChI=1S/C10H16NO3P/c1-3-11(4-2)14-15(12,13)10-8-6-5-7-9-10/h5-9H,3-4H2,1-2H3,(H,12,13). The highest BCUT2D eigenvalue weighted by atomic mass is 31.2. The highest BCUT2D eigenvalue weighted by molar-refractivity contribution is 7.61. The third-order valence-electron chi connectivity index (χ3n) is 2.01. The van der Waals surface area contributed by atoms with Crippen LogP contribution >= 0.6 is 7.60 Å². The van der Waals surface area contributed by atoms with Gasteiger partial charge in [-0.05, 0) is 12.1 Å². The fraction of sp³-hybridized carbons (Fsp3) is 0.400. The average Bonchev–Trinajstić information content (AvgIpc) is 2.27. The van der Waals surface area contributed by atoms with Gasteiger partial charge in [-0.15, -0.1) is 0 Å². The molecule has 0 heterocycles. The van der Waals surface area contributed by atoms with E-state index in [0.717, 1.165) is 0 Å². The normalized spacial score (nSPS) is 15.2. The van der Waals surface area contributed by atoms with Crippen molar-refractivity contribution in [3.63, 3.8) is 0 Å². The molecule has 4 nitrogen and oxygen atoms in total. The molecule has 0 amide bonds. The van der Waals surface area contributed by atoms with Crippen molar-refractivity contribution in [3.05, 3.63) is 30.3 Å². The first-order chi connectivity index (χ1) is 7.10. The molecule has 1 aromatic carbocycles. The molecule has 0 aromatic heterocycles. The highest BCUT2D eigenvalue weighted by Gasteiger charge is 2.25. The second-order valence-corrected chi connectivity index (χ2v) is 4.77. The zero-order chi connectivity index (χ0) is 11.3. The van der Waals surface area contributed by atoms with Crippen LogP contribution in [0.15, 0.2) is 30.3 Å². The van der Waals surface area contributed by atoms with Crippen LogP contribution in [0.3, 0.4) is 0 Å². The molecule has 0 saturated heterocycles. The summed E-state index contributed by atoms with van der Waals surface area (Å²) in [7, 11) is -3.71. The quantitative estimate of drug-likeness (QED) is 0.617. The first kappa shape index (κ1) is 12.4. The zero-order valence-corrected chi connectivity index (χ0v) is 9.85. The van der Waals surface area contributed by atoms with Crippen LogP contribution in [0.25, 0.3) is 0 Å². The van der Waals surface area contributed by atoms with Crippen LogP contribution in [0.4, 0.5) is 0 Å². The molecular weight excluding hydrogens is 213 g/mol. The summed E-state index contributed by atoms with van der Waals surface area (Å²) >= 11 is 0. The van der Waals surface area contributed by atoms with E-state index in [4.69, 9.17) is 4.62 Å². The van der Waals surface area contributed by atoms with Crippen molar-refractivity contribution in [2.45, 2.75) is 13.8 Å². The summed E-state index contributed by atoms with van der Waals surface area (Å²) in [5, 5.41) is 1.78. The van der Waals surface area contributed by atoms with Crippen LogP contribution in [-0.2, 0) is 9.19 Å². The third-order valence-corrected chi connectivity index (χ3v) is 3.42. The molecule has 1 N–H and O–H groups in total. The lowest BCUT2D eigenvalue weighted by molar-refractivity contribution is -0.0548. The minimum absolute atomic E-state index is 0.317. The Balaban J connectivity index is 2.80. The molecule has 84 valence electrons. The monoisotopic (exact) mass is 229 g/mol. The van der Waals surface area contributed by atoms with E-state index in [1.165, 1.54) is 5.06 Å².